The molecule has 0 saturated carbocycles. The molecule has 1 saturated heterocycles. The molecule has 7 nitrogen and oxygen atoms in total. The third kappa shape index (κ3) is 4.77. The van der Waals surface area contributed by atoms with Crippen molar-refractivity contribution in [3.8, 4) is 11.5 Å². The fraction of sp³-hybridized carbons (Fsp3) is 0.333. The summed E-state index contributed by atoms with van der Waals surface area (Å²) in [5.41, 5.74) is 1.70. The van der Waals surface area contributed by atoms with Gasteiger partial charge in [0.05, 0.1) is 19.2 Å². The van der Waals surface area contributed by atoms with E-state index in [9.17, 15) is 0 Å². The molecule has 2 aromatic carbocycles. The summed E-state index contributed by atoms with van der Waals surface area (Å²) in [6.45, 7) is 2.95. The van der Waals surface area contributed by atoms with Crippen LogP contribution in [0.25, 0.3) is 10.9 Å². The molecule has 1 atom stereocenters. The Labute approximate surface area is 178 Å². The van der Waals surface area contributed by atoms with Gasteiger partial charge in [0.15, 0.2) is 11.5 Å². The number of morpholine rings is 1. The SMILES string of the molecule is COc1cc2ncnc(Nc3cccc(Br)c3)c2cc1OCC1CN(C)CCO1. The van der Waals surface area contributed by atoms with Crippen LogP contribution in [0.2, 0.25) is 0 Å². The van der Waals surface area contributed by atoms with Crippen molar-refractivity contribution in [2.45, 2.75) is 6.10 Å². The molecule has 0 radical (unpaired) electrons. The first-order valence-electron chi connectivity index (χ1n) is 9.40. The minimum absolute atomic E-state index is 0.0282. The molecule has 8 heteroatoms. The molecule has 1 fully saturated rings. The fourth-order valence-corrected chi connectivity index (χ4v) is 3.69. The highest BCUT2D eigenvalue weighted by Crippen LogP contribution is 2.35. The van der Waals surface area contributed by atoms with Crippen LogP contribution in [0, 0.1) is 0 Å². The number of ether oxygens (including phenoxy) is 3. The number of anilines is 2. The van der Waals surface area contributed by atoms with Gasteiger partial charge in [0.25, 0.3) is 0 Å². The average Bonchev–Trinajstić information content (AvgIpc) is 2.72. The van der Waals surface area contributed by atoms with Crippen molar-refractivity contribution in [2.24, 2.45) is 0 Å². The van der Waals surface area contributed by atoms with Crippen LogP contribution in [0.15, 0.2) is 47.2 Å². The highest BCUT2D eigenvalue weighted by atomic mass is 79.9. The van der Waals surface area contributed by atoms with Gasteiger partial charge in [-0.05, 0) is 31.3 Å². The summed E-state index contributed by atoms with van der Waals surface area (Å²) in [5.74, 6) is 1.98. The van der Waals surface area contributed by atoms with Gasteiger partial charge in [-0.1, -0.05) is 22.0 Å². The van der Waals surface area contributed by atoms with Crippen LogP contribution in [-0.2, 0) is 4.74 Å². The van der Waals surface area contributed by atoms with E-state index >= 15 is 0 Å². The largest absolute Gasteiger partial charge is 0.493 e. The standard InChI is InChI=1S/C21H23BrN4O3/c1-26-6-7-28-16(11-26)12-29-20-9-17-18(10-19(20)27-2)23-13-24-21(17)25-15-5-3-4-14(22)8-15/h3-5,8-10,13,16H,6-7,11-12H2,1-2H3,(H,23,24,25). The minimum Gasteiger partial charge on any atom is -0.493 e. The molecular formula is C21H23BrN4O3. The number of fused-ring (bicyclic) bond motifs is 1. The van der Waals surface area contributed by atoms with Gasteiger partial charge in [0.2, 0.25) is 0 Å². The Kier molecular flexibility index (Phi) is 6.13. The second kappa shape index (κ2) is 8.94. The molecule has 0 aliphatic carbocycles. The Hall–Kier alpha value is -2.42. The summed E-state index contributed by atoms with van der Waals surface area (Å²) in [4.78, 5) is 11.0. The zero-order chi connectivity index (χ0) is 20.2. The summed E-state index contributed by atoms with van der Waals surface area (Å²) in [5, 5.41) is 4.21. The Morgan fingerprint density at radius 1 is 1.24 bits per heavy atom. The third-order valence-electron chi connectivity index (χ3n) is 4.77. The average molecular weight is 459 g/mol. The van der Waals surface area contributed by atoms with E-state index in [0.717, 1.165) is 34.2 Å². The van der Waals surface area contributed by atoms with Gasteiger partial charge in [-0.2, -0.15) is 0 Å². The van der Waals surface area contributed by atoms with Crippen LogP contribution >= 0.6 is 15.9 Å². The van der Waals surface area contributed by atoms with Gasteiger partial charge in [0, 0.05) is 34.7 Å². The second-order valence-electron chi connectivity index (χ2n) is 6.94. The first kappa shape index (κ1) is 19.9. The zero-order valence-corrected chi connectivity index (χ0v) is 18.0. The lowest BCUT2D eigenvalue weighted by molar-refractivity contribution is -0.0406. The maximum Gasteiger partial charge on any atom is 0.162 e. The van der Waals surface area contributed by atoms with Gasteiger partial charge in [-0.25, -0.2) is 9.97 Å². The smallest absolute Gasteiger partial charge is 0.162 e. The molecule has 1 unspecified atom stereocenters. The van der Waals surface area contributed by atoms with Crippen molar-refractivity contribution < 1.29 is 14.2 Å². The molecule has 0 spiro atoms. The molecule has 4 rings (SSSR count). The van der Waals surface area contributed by atoms with Crippen molar-refractivity contribution in [3.05, 3.63) is 47.2 Å². The predicted molar refractivity (Wildman–Crippen MR) is 116 cm³/mol. The van der Waals surface area contributed by atoms with E-state index < -0.39 is 0 Å². The number of aromatic nitrogens is 2. The van der Waals surface area contributed by atoms with E-state index in [1.807, 2.05) is 36.4 Å². The van der Waals surface area contributed by atoms with Crippen molar-refractivity contribution in [3.63, 3.8) is 0 Å². The van der Waals surface area contributed by atoms with E-state index in [1.165, 1.54) is 6.33 Å². The number of likely N-dealkylation sites (N-methyl/N-ethyl adjacent to an activating group) is 1. The number of halogens is 1. The highest BCUT2D eigenvalue weighted by molar-refractivity contribution is 9.10. The van der Waals surface area contributed by atoms with Crippen LogP contribution < -0.4 is 14.8 Å². The summed E-state index contributed by atoms with van der Waals surface area (Å²) in [6.07, 6.45) is 1.56. The van der Waals surface area contributed by atoms with Crippen molar-refractivity contribution in [1.82, 2.24) is 14.9 Å². The predicted octanol–water partition coefficient (Wildman–Crippen LogP) is 3.85. The number of nitrogens with zero attached hydrogens (tertiary/aromatic N) is 3. The van der Waals surface area contributed by atoms with Gasteiger partial charge < -0.3 is 24.4 Å². The van der Waals surface area contributed by atoms with Crippen molar-refractivity contribution in [2.75, 3.05) is 45.8 Å². The molecular weight excluding hydrogens is 436 g/mol. The van der Waals surface area contributed by atoms with E-state index in [1.54, 1.807) is 7.11 Å². The van der Waals surface area contributed by atoms with Crippen molar-refractivity contribution in [1.29, 1.82) is 0 Å². The van der Waals surface area contributed by atoms with Crippen LogP contribution in [0.3, 0.4) is 0 Å². The Balaban J connectivity index is 1.61. The second-order valence-corrected chi connectivity index (χ2v) is 7.86. The molecule has 1 aliphatic rings. The summed E-state index contributed by atoms with van der Waals surface area (Å²) < 4.78 is 18.4. The van der Waals surface area contributed by atoms with E-state index in [-0.39, 0.29) is 6.10 Å². The molecule has 0 amide bonds. The first-order chi connectivity index (χ1) is 14.1. The monoisotopic (exact) mass is 458 g/mol. The first-order valence-corrected chi connectivity index (χ1v) is 10.2. The lowest BCUT2D eigenvalue weighted by atomic mass is 10.2. The summed E-state index contributed by atoms with van der Waals surface area (Å²) in [6, 6.07) is 11.7. The van der Waals surface area contributed by atoms with Crippen LogP contribution in [0.1, 0.15) is 0 Å². The van der Waals surface area contributed by atoms with Crippen LogP contribution in [0.5, 0.6) is 11.5 Å². The summed E-state index contributed by atoms with van der Waals surface area (Å²) in [7, 11) is 3.71. The highest BCUT2D eigenvalue weighted by Gasteiger charge is 2.20. The fourth-order valence-electron chi connectivity index (χ4n) is 3.29. The topological polar surface area (TPSA) is 68.7 Å². The number of benzene rings is 2. The molecule has 1 N–H and O–H groups in total. The van der Waals surface area contributed by atoms with Gasteiger partial charge in [-0.3, -0.25) is 0 Å². The van der Waals surface area contributed by atoms with Gasteiger partial charge >= 0.3 is 0 Å². The molecule has 1 aromatic heterocycles. The van der Waals surface area contributed by atoms with E-state index in [4.69, 9.17) is 14.2 Å². The number of nitrogens with one attached hydrogen (secondary N) is 1. The minimum atomic E-state index is 0.0282. The van der Waals surface area contributed by atoms with Gasteiger partial charge in [-0.15, -0.1) is 0 Å². The number of hydrogen-bond acceptors (Lipinski definition) is 7. The molecule has 2 heterocycles. The molecule has 152 valence electrons. The number of methoxy groups -OCH3 is 1. The normalized spacial score (nSPS) is 17.3. The molecule has 0 bridgehead atoms. The number of hydrogen-bond donors (Lipinski definition) is 1. The third-order valence-corrected chi connectivity index (χ3v) is 5.27. The number of rotatable bonds is 6. The lowest BCUT2D eigenvalue weighted by Gasteiger charge is -2.30. The lowest BCUT2D eigenvalue weighted by Crippen LogP contribution is -2.42. The molecule has 29 heavy (non-hydrogen) atoms. The molecule has 1 aliphatic heterocycles. The zero-order valence-electron chi connectivity index (χ0n) is 16.4. The van der Waals surface area contributed by atoms with Crippen molar-refractivity contribution >= 4 is 38.3 Å². The Morgan fingerprint density at radius 2 is 2.14 bits per heavy atom. The van der Waals surface area contributed by atoms with E-state index in [0.29, 0.717) is 30.5 Å². The maximum atomic E-state index is 6.08. The Bertz CT molecular complexity index is 1000. The quantitative estimate of drug-likeness (QED) is 0.601. The summed E-state index contributed by atoms with van der Waals surface area (Å²) >= 11 is 3.49. The van der Waals surface area contributed by atoms with Gasteiger partial charge in [0.1, 0.15) is 24.9 Å². The maximum absolute atomic E-state index is 6.08. The van der Waals surface area contributed by atoms with Crippen LogP contribution in [-0.4, -0.2) is 61.4 Å². The molecule has 3 aromatic rings. The van der Waals surface area contributed by atoms with E-state index in [2.05, 4.69) is 43.2 Å². The van der Waals surface area contributed by atoms with Crippen LogP contribution in [0.4, 0.5) is 11.5 Å². The Morgan fingerprint density at radius 3 is 2.93 bits per heavy atom.